The van der Waals surface area contributed by atoms with Gasteiger partial charge in [0.2, 0.25) is 0 Å². The predicted molar refractivity (Wildman–Crippen MR) is 115 cm³/mol. The molecule has 2 aromatic rings. The van der Waals surface area contributed by atoms with Crippen LogP contribution in [0, 0.1) is 0 Å². The minimum Gasteiger partial charge on any atom is -0.493 e. The Hall–Kier alpha value is -1.81. The lowest BCUT2D eigenvalue weighted by Crippen LogP contribution is -2.36. The molecule has 1 fully saturated rings. The maximum atomic E-state index is 9.55. The van der Waals surface area contributed by atoms with E-state index in [9.17, 15) is 5.11 Å². The van der Waals surface area contributed by atoms with Gasteiger partial charge in [0.15, 0.2) is 0 Å². The normalized spacial score (nSPS) is 15.6. The minimum absolute atomic E-state index is 0. The lowest BCUT2D eigenvalue weighted by molar-refractivity contribution is 0.0812. The van der Waals surface area contributed by atoms with Gasteiger partial charge in [0.25, 0.3) is 0 Å². The molecule has 0 spiro atoms. The molecule has 1 aliphatic heterocycles. The van der Waals surface area contributed by atoms with Crippen LogP contribution in [0.15, 0.2) is 54.6 Å². The summed E-state index contributed by atoms with van der Waals surface area (Å²) in [4.78, 5) is 2.45. The van der Waals surface area contributed by atoms with E-state index in [4.69, 9.17) is 4.74 Å². The number of hydrogen-bond acceptors (Lipinski definition) is 3. The molecular formula is C23H30ClNO2. The quantitative estimate of drug-likeness (QED) is 0.516. The van der Waals surface area contributed by atoms with Crippen LogP contribution in [0.2, 0.25) is 0 Å². The second-order valence-corrected chi connectivity index (χ2v) is 6.91. The van der Waals surface area contributed by atoms with Gasteiger partial charge in [-0.15, -0.1) is 12.4 Å². The fraction of sp³-hybridized carbons (Fsp3) is 0.391. The van der Waals surface area contributed by atoms with Crippen LogP contribution in [0.4, 0.5) is 0 Å². The number of aliphatic hydroxyl groups excluding tert-OH is 1. The van der Waals surface area contributed by atoms with E-state index in [-0.39, 0.29) is 18.5 Å². The van der Waals surface area contributed by atoms with Crippen molar-refractivity contribution < 1.29 is 9.84 Å². The summed E-state index contributed by atoms with van der Waals surface area (Å²) < 4.78 is 6.02. The summed E-state index contributed by atoms with van der Waals surface area (Å²) in [5.74, 6) is 0.945. The summed E-state index contributed by atoms with van der Waals surface area (Å²) in [6.45, 7) is 3.89. The molecule has 0 bridgehead atoms. The Morgan fingerprint density at radius 1 is 0.926 bits per heavy atom. The number of aliphatic hydroxyl groups is 1. The standard InChI is InChI=1S/C23H29NO2.ClH/c25-22-14-17-24(18-15-22)16-6-7-19-26-23-11-5-4-10-21(23)13-12-20-8-2-1-3-9-20;/h1-5,8-13,22,25H,6-7,14-19H2;1H/b13-12+;. The van der Waals surface area contributed by atoms with Crippen LogP contribution in [0.3, 0.4) is 0 Å². The average Bonchev–Trinajstić information content (AvgIpc) is 2.69. The summed E-state index contributed by atoms with van der Waals surface area (Å²) in [7, 11) is 0. The first-order valence-corrected chi connectivity index (χ1v) is 9.66. The maximum absolute atomic E-state index is 9.55. The van der Waals surface area contributed by atoms with E-state index in [0.717, 1.165) is 63.2 Å². The molecule has 1 heterocycles. The van der Waals surface area contributed by atoms with Crippen LogP contribution in [-0.4, -0.2) is 42.4 Å². The van der Waals surface area contributed by atoms with Crippen LogP contribution < -0.4 is 4.74 Å². The number of nitrogens with zero attached hydrogens (tertiary/aromatic N) is 1. The third-order valence-corrected chi connectivity index (χ3v) is 4.86. The van der Waals surface area contributed by atoms with E-state index in [0.29, 0.717) is 0 Å². The van der Waals surface area contributed by atoms with Gasteiger partial charge in [-0.05, 0) is 43.9 Å². The summed E-state index contributed by atoms with van der Waals surface area (Å²) in [6, 6.07) is 18.5. The Balaban J connectivity index is 0.00000261. The van der Waals surface area contributed by atoms with Crippen LogP contribution >= 0.6 is 12.4 Å². The number of benzene rings is 2. The van der Waals surface area contributed by atoms with Crippen molar-refractivity contribution in [3.05, 3.63) is 65.7 Å². The zero-order chi connectivity index (χ0) is 18.0. The average molecular weight is 388 g/mol. The molecule has 3 nitrogen and oxygen atoms in total. The largest absolute Gasteiger partial charge is 0.493 e. The van der Waals surface area contributed by atoms with E-state index < -0.39 is 0 Å². The fourth-order valence-electron chi connectivity index (χ4n) is 3.26. The van der Waals surface area contributed by atoms with Gasteiger partial charge in [-0.25, -0.2) is 0 Å². The summed E-state index contributed by atoms with van der Waals surface area (Å²) in [5.41, 5.74) is 2.30. The Morgan fingerprint density at radius 3 is 2.41 bits per heavy atom. The number of rotatable bonds is 8. The zero-order valence-corrected chi connectivity index (χ0v) is 16.6. The molecule has 1 N–H and O–H groups in total. The van der Waals surface area contributed by atoms with E-state index in [1.54, 1.807) is 0 Å². The molecule has 146 valence electrons. The summed E-state index contributed by atoms with van der Waals surface area (Å²) in [6.07, 6.45) is 8.16. The highest BCUT2D eigenvalue weighted by atomic mass is 35.5. The Labute approximate surface area is 169 Å². The number of para-hydroxylation sites is 1. The Kier molecular flexibility index (Phi) is 9.40. The Bertz CT molecular complexity index is 682. The van der Waals surface area contributed by atoms with E-state index >= 15 is 0 Å². The van der Waals surface area contributed by atoms with Crippen molar-refractivity contribution in [2.75, 3.05) is 26.2 Å². The van der Waals surface area contributed by atoms with Gasteiger partial charge in [-0.3, -0.25) is 0 Å². The van der Waals surface area contributed by atoms with E-state index in [2.05, 4.69) is 35.3 Å². The number of hydrogen-bond donors (Lipinski definition) is 1. The first-order chi connectivity index (χ1) is 12.8. The van der Waals surface area contributed by atoms with Gasteiger partial charge in [-0.1, -0.05) is 60.7 Å². The highest BCUT2D eigenvalue weighted by Gasteiger charge is 2.15. The van der Waals surface area contributed by atoms with Gasteiger partial charge in [0.05, 0.1) is 12.7 Å². The van der Waals surface area contributed by atoms with E-state index in [1.165, 1.54) is 5.56 Å². The predicted octanol–water partition coefficient (Wildman–Crippen LogP) is 4.89. The first-order valence-electron chi connectivity index (χ1n) is 9.66. The fourth-order valence-corrected chi connectivity index (χ4v) is 3.26. The molecule has 1 aliphatic rings. The molecule has 0 atom stereocenters. The van der Waals surface area contributed by atoms with Gasteiger partial charge in [0.1, 0.15) is 5.75 Å². The second-order valence-electron chi connectivity index (χ2n) is 6.91. The molecule has 0 amide bonds. The van der Waals surface area contributed by atoms with Crippen LogP contribution in [0.25, 0.3) is 12.2 Å². The van der Waals surface area contributed by atoms with Crippen LogP contribution in [0.5, 0.6) is 5.75 Å². The molecule has 0 saturated carbocycles. The lowest BCUT2D eigenvalue weighted by Gasteiger charge is -2.29. The van der Waals surface area contributed by atoms with E-state index in [1.807, 2.05) is 36.4 Å². The van der Waals surface area contributed by atoms with Crippen molar-refractivity contribution in [2.24, 2.45) is 0 Å². The number of halogens is 1. The number of likely N-dealkylation sites (tertiary alicyclic amines) is 1. The molecule has 2 aromatic carbocycles. The molecule has 0 aliphatic carbocycles. The van der Waals surface area contributed by atoms with Crippen molar-refractivity contribution in [3.63, 3.8) is 0 Å². The number of piperidine rings is 1. The molecular weight excluding hydrogens is 358 g/mol. The van der Waals surface area contributed by atoms with Crippen molar-refractivity contribution >= 4 is 24.6 Å². The van der Waals surface area contributed by atoms with Gasteiger partial charge >= 0.3 is 0 Å². The Morgan fingerprint density at radius 2 is 1.63 bits per heavy atom. The molecule has 3 rings (SSSR count). The molecule has 0 radical (unpaired) electrons. The van der Waals surface area contributed by atoms with Gasteiger partial charge in [-0.2, -0.15) is 0 Å². The topological polar surface area (TPSA) is 32.7 Å². The third-order valence-electron chi connectivity index (χ3n) is 4.86. The van der Waals surface area contributed by atoms with Crippen molar-refractivity contribution in [3.8, 4) is 5.75 Å². The molecule has 4 heteroatoms. The molecule has 0 unspecified atom stereocenters. The van der Waals surface area contributed by atoms with Gasteiger partial charge in [0, 0.05) is 18.7 Å². The van der Waals surface area contributed by atoms with Crippen molar-refractivity contribution in [1.29, 1.82) is 0 Å². The number of ether oxygens (including phenoxy) is 1. The zero-order valence-electron chi connectivity index (χ0n) is 15.8. The monoisotopic (exact) mass is 387 g/mol. The SMILES string of the molecule is Cl.OC1CCN(CCCCOc2ccccc2/C=C/c2ccccc2)CC1. The minimum atomic E-state index is -0.0879. The van der Waals surface area contributed by atoms with Crippen molar-refractivity contribution in [1.82, 2.24) is 4.90 Å². The van der Waals surface area contributed by atoms with Crippen molar-refractivity contribution in [2.45, 2.75) is 31.8 Å². The highest BCUT2D eigenvalue weighted by molar-refractivity contribution is 5.85. The molecule has 1 saturated heterocycles. The molecule has 27 heavy (non-hydrogen) atoms. The first kappa shape index (κ1) is 21.5. The highest BCUT2D eigenvalue weighted by Crippen LogP contribution is 2.21. The third kappa shape index (κ3) is 7.37. The van der Waals surface area contributed by atoms with Crippen LogP contribution in [0.1, 0.15) is 36.8 Å². The van der Waals surface area contributed by atoms with Gasteiger partial charge < -0.3 is 14.7 Å². The smallest absolute Gasteiger partial charge is 0.126 e. The lowest BCUT2D eigenvalue weighted by atomic mass is 10.1. The number of unbranched alkanes of at least 4 members (excludes halogenated alkanes) is 1. The molecule has 0 aromatic heterocycles. The second kappa shape index (κ2) is 11.8. The summed E-state index contributed by atoms with van der Waals surface area (Å²) in [5, 5.41) is 9.55. The maximum Gasteiger partial charge on any atom is 0.126 e. The van der Waals surface area contributed by atoms with Crippen LogP contribution in [-0.2, 0) is 0 Å². The summed E-state index contributed by atoms with van der Waals surface area (Å²) >= 11 is 0.